The topological polar surface area (TPSA) is 51.8 Å². The maximum atomic E-state index is 13.0. The average Bonchev–Trinajstić information content (AvgIpc) is 2.47. The number of fused-ring (bicyclic) bond motifs is 1. The Balaban J connectivity index is 2.11. The molecule has 0 saturated heterocycles. The van der Waals surface area contributed by atoms with E-state index in [0.717, 1.165) is 25.7 Å². The molecular weight excluding hydrogens is 368 g/mol. The minimum absolute atomic E-state index is 0.236. The Morgan fingerprint density at radius 3 is 2.40 bits per heavy atom. The summed E-state index contributed by atoms with van der Waals surface area (Å²) in [7, 11) is 0. The largest absolute Gasteiger partial charge is 0.398 e. The predicted molar refractivity (Wildman–Crippen MR) is 85.9 cm³/mol. The van der Waals surface area contributed by atoms with Crippen molar-refractivity contribution < 1.29 is 4.39 Å². The lowest BCUT2D eigenvalue weighted by atomic mass is 10.0. The summed E-state index contributed by atoms with van der Waals surface area (Å²) >= 11 is 2.18. The monoisotopic (exact) mass is 379 g/mol. The van der Waals surface area contributed by atoms with Crippen molar-refractivity contribution in [3.05, 3.63) is 63.2 Å². The second kappa shape index (κ2) is 5.32. The van der Waals surface area contributed by atoms with Gasteiger partial charge in [-0.1, -0.05) is 12.1 Å². The van der Waals surface area contributed by atoms with Gasteiger partial charge in [0.15, 0.2) is 0 Å². The van der Waals surface area contributed by atoms with Gasteiger partial charge in [0.1, 0.15) is 11.3 Å². The van der Waals surface area contributed by atoms with Crippen LogP contribution in [0.15, 0.2) is 42.7 Å². The highest BCUT2D eigenvalue weighted by atomic mass is 127. The van der Waals surface area contributed by atoms with Gasteiger partial charge in [0.05, 0.1) is 9.09 Å². The van der Waals surface area contributed by atoms with Gasteiger partial charge in [-0.2, -0.15) is 0 Å². The molecule has 0 aliphatic heterocycles. The number of nitrogens with zero attached hydrogens (tertiary/aromatic N) is 2. The Morgan fingerprint density at radius 2 is 1.70 bits per heavy atom. The van der Waals surface area contributed by atoms with Crippen LogP contribution in [0, 0.1) is 9.39 Å². The summed E-state index contributed by atoms with van der Waals surface area (Å²) in [6.45, 7) is 0. The van der Waals surface area contributed by atoms with Gasteiger partial charge in [0.2, 0.25) is 0 Å². The van der Waals surface area contributed by atoms with Crippen molar-refractivity contribution in [2.45, 2.75) is 6.42 Å². The molecule has 2 aromatic carbocycles. The molecule has 1 heterocycles. The Kier molecular flexibility index (Phi) is 3.52. The molecular formula is C15H11FIN3. The molecule has 0 saturated carbocycles. The van der Waals surface area contributed by atoms with Crippen LogP contribution in [0.3, 0.4) is 0 Å². The van der Waals surface area contributed by atoms with E-state index in [1.807, 2.05) is 6.07 Å². The van der Waals surface area contributed by atoms with Crippen LogP contribution in [-0.2, 0) is 6.42 Å². The number of benzene rings is 2. The summed E-state index contributed by atoms with van der Waals surface area (Å²) in [6, 6.07) is 8.37. The summed E-state index contributed by atoms with van der Waals surface area (Å²) < 4.78 is 13.9. The lowest BCUT2D eigenvalue weighted by Gasteiger charge is -2.09. The summed E-state index contributed by atoms with van der Waals surface area (Å²) in [5.41, 5.74) is 10.4. The number of halogens is 2. The van der Waals surface area contributed by atoms with Crippen molar-refractivity contribution in [1.29, 1.82) is 0 Å². The predicted octanol–water partition coefficient (Wildman–Crippen LogP) is 3.55. The number of rotatable bonds is 2. The highest BCUT2D eigenvalue weighted by Gasteiger charge is 2.11. The molecule has 0 aliphatic carbocycles. The van der Waals surface area contributed by atoms with Crippen LogP contribution in [0.5, 0.6) is 0 Å². The van der Waals surface area contributed by atoms with Gasteiger partial charge >= 0.3 is 0 Å². The molecule has 5 heteroatoms. The molecule has 3 aromatic rings. The quantitative estimate of drug-likeness (QED) is 0.548. The first kappa shape index (κ1) is 13.2. The fraction of sp³-hybridized carbons (Fsp3) is 0.0667. The third kappa shape index (κ3) is 2.45. The Morgan fingerprint density at radius 1 is 1.05 bits per heavy atom. The molecule has 3 rings (SSSR count). The maximum Gasteiger partial charge on any atom is 0.123 e. The second-order valence-corrected chi connectivity index (χ2v) is 5.57. The van der Waals surface area contributed by atoms with Crippen LogP contribution in [0.4, 0.5) is 10.1 Å². The van der Waals surface area contributed by atoms with Gasteiger partial charge in [-0.05, 0) is 58.3 Å². The maximum absolute atomic E-state index is 13.0. The van der Waals surface area contributed by atoms with E-state index in [1.165, 1.54) is 12.1 Å². The van der Waals surface area contributed by atoms with Gasteiger partial charge in [-0.15, -0.1) is 0 Å². The molecule has 0 unspecified atom stereocenters. The molecule has 100 valence electrons. The highest BCUT2D eigenvalue weighted by Crippen LogP contribution is 2.27. The first-order valence-corrected chi connectivity index (χ1v) is 7.15. The Hall–Kier alpha value is -1.76. The van der Waals surface area contributed by atoms with E-state index in [-0.39, 0.29) is 5.82 Å². The second-order valence-electron chi connectivity index (χ2n) is 4.50. The normalized spacial score (nSPS) is 10.9. The zero-order chi connectivity index (χ0) is 14.1. The number of nitrogen functional groups attached to an aromatic ring is 1. The smallest absolute Gasteiger partial charge is 0.123 e. The number of hydrogen-bond donors (Lipinski definition) is 1. The van der Waals surface area contributed by atoms with E-state index in [4.69, 9.17) is 5.73 Å². The average molecular weight is 379 g/mol. The molecule has 0 spiro atoms. The van der Waals surface area contributed by atoms with Crippen LogP contribution >= 0.6 is 22.6 Å². The SMILES string of the molecule is Nc1cc(Cc2ccc(F)cc2)c2nccnc2c1I. The molecule has 0 amide bonds. The zero-order valence-electron chi connectivity index (χ0n) is 10.5. The van der Waals surface area contributed by atoms with Crippen LogP contribution in [-0.4, -0.2) is 9.97 Å². The fourth-order valence-electron chi connectivity index (χ4n) is 2.15. The van der Waals surface area contributed by atoms with Crippen LogP contribution in [0.2, 0.25) is 0 Å². The van der Waals surface area contributed by atoms with Gasteiger partial charge in [-0.3, -0.25) is 9.97 Å². The van der Waals surface area contributed by atoms with E-state index in [2.05, 4.69) is 32.6 Å². The first-order chi connectivity index (χ1) is 9.65. The van der Waals surface area contributed by atoms with Crippen molar-refractivity contribution in [1.82, 2.24) is 9.97 Å². The van der Waals surface area contributed by atoms with Crippen molar-refractivity contribution in [3.8, 4) is 0 Å². The molecule has 0 radical (unpaired) electrons. The lowest BCUT2D eigenvalue weighted by molar-refractivity contribution is 0.627. The molecule has 3 nitrogen and oxygen atoms in total. The van der Waals surface area contributed by atoms with E-state index in [0.29, 0.717) is 12.1 Å². The number of anilines is 1. The van der Waals surface area contributed by atoms with E-state index in [1.54, 1.807) is 24.5 Å². The fourth-order valence-corrected chi connectivity index (χ4v) is 2.70. The summed E-state index contributed by atoms with van der Waals surface area (Å²) in [5, 5.41) is 0. The molecule has 0 fully saturated rings. The summed E-state index contributed by atoms with van der Waals surface area (Å²) in [4.78, 5) is 8.75. The van der Waals surface area contributed by atoms with E-state index < -0.39 is 0 Å². The number of aromatic nitrogens is 2. The van der Waals surface area contributed by atoms with Crippen molar-refractivity contribution >= 4 is 39.3 Å². The minimum Gasteiger partial charge on any atom is -0.398 e. The molecule has 2 N–H and O–H groups in total. The first-order valence-electron chi connectivity index (χ1n) is 6.07. The van der Waals surface area contributed by atoms with E-state index >= 15 is 0 Å². The molecule has 1 aromatic heterocycles. The molecule has 0 aliphatic rings. The standard InChI is InChI=1S/C15H11FIN3/c16-11-3-1-9(2-4-11)7-10-8-12(18)13(17)15-14(10)19-5-6-20-15/h1-6,8H,7,18H2. The number of nitrogens with two attached hydrogens (primary N) is 1. The van der Waals surface area contributed by atoms with Crippen LogP contribution in [0.1, 0.15) is 11.1 Å². The van der Waals surface area contributed by atoms with Gasteiger partial charge in [0, 0.05) is 18.1 Å². The van der Waals surface area contributed by atoms with Crippen LogP contribution in [0.25, 0.3) is 11.0 Å². The van der Waals surface area contributed by atoms with Crippen molar-refractivity contribution in [2.24, 2.45) is 0 Å². The van der Waals surface area contributed by atoms with Crippen LogP contribution < -0.4 is 5.73 Å². The van der Waals surface area contributed by atoms with Gasteiger partial charge in [0.25, 0.3) is 0 Å². The van der Waals surface area contributed by atoms with E-state index in [9.17, 15) is 4.39 Å². The zero-order valence-corrected chi connectivity index (χ0v) is 12.6. The highest BCUT2D eigenvalue weighted by molar-refractivity contribution is 14.1. The Labute approximate surface area is 129 Å². The molecule has 20 heavy (non-hydrogen) atoms. The molecule has 0 bridgehead atoms. The lowest BCUT2D eigenvalue weighted by Crippen LogP contribution is -1.99. The number of hydrogen-bond acceptors (Lipinski definition) is 3. The summed E-state index contributed by atoms with van der Waals surface area (Å²) in [5.74, 6) is -0.236. The minimum atomic E-state index is -0.236. The Bertz CT molecular complexity index is 772. The third-order valence-corrected chi connectivity index (χ3v) is 4.24. The van der Waals surface area contributed by atoms with Crippen molar-refractivity contribution in [2.75, 3.05) is 5.73 Å². The third-order valence-electron chi connectivity index (χ3n) is 3.10. The molecule has 0 atom stereocenters. The van der Waals surface area contributed by atoms with Gasteiger partial charge in [-0.25, -0.2) is 4.39 Å². The van der Waals surface area contributed by atoms with Gasteiger partial charge < -0.3 is 5.73 Å². The van der Waals surface area contributed by atoms with Crippen molar-refractivity contribution in [3.63, 3.8) is 0 Å². The summed E-state index contributed by atoms with van der Waals surface area (Å²) in [6.07, 6.45) is 3.98.